The van der Waals surface area contributed by atoms with Gasteiger partial charge in [-0.3, -0.25) is 34.8 Å². The summed E-state index contributed by atoms with van der Waals surface area (Å²) in [5, 5.41) is 2.59. The average molecular weight is 537 g/mol. The summed E-state index contributed by atoms with van der Waals surface area (Å²) in [6, 6.07) is 36.4. The van der Waals surface area contributed by atoms with Crippen LogP contribution in [0.25, 0.3) is 0 Å². The van der Waals surface area contributed by atoms with Crippen molar-refractivity contribution in [3.05, 3.63) is 127 Å². The molecule has 0 atom stereocenters. The van der Waals surface area contributed by atoms with Gasteiger partial charge < -0.3 is 0 Å². The summed E-state index contributed by atoms with van der Waals surface area (Å²) in [6.07, 6.45) is -0.670. The second-order valence-electron chi connectivity index (χ2n) is 8.52. The largest absolute Gasteiger partial charge is 0.310 e. The molecule has 0 aliphatic rings. The van der Waals surface area contributed by atoms with Crippen molar-refractivity contribution in [1.29, 1.82) is 0 Å². The number of hydrogen-bond donors (Lipinski definition) is 2. The number of ketones is 3. The maximum atomic E-state index is 13.3. The molecule has 0 heterocycles. The van der Waals surface area contributed by atoms with Gasteiger partial charge in [0.05, 0.1) is 6.42 Å². The Morgan fingerprint density at radius 2 is 0.923 bits per heavy atom. The van der Waals surface area contributed by atoms with Crippen LogP contribution < -0.4 is 26.8 Å². The molecule has 7 nitrogen and oxygen atoms in total. The lowest BCUT2D eigenvalue weighted by Crippen LogP contribution is -2.48. The van der Waals surface area contributed by atoms with Crippen LogP contribution in [-0.4, -0.2) is 35.0 Å². The Hall–Kier alpha value is -4.87. The fourth-order valence-electron chi connectivity index (χ4n) is 4.09. The van der Waals surface area contributed by atoms with Crippen molar-refractivity contribution < 1.29 is 24.0 Å². The van der Waals surface area contributed by atoms with E-state index in [1.165, 1.54) is 17.9 Å². The van der Waals surface area contributed by atoms with E-state index in [1.54, 1.807) is 18.2 Å². The Morgan fingerprint density at radius 3 is 1.36 bits per heavy atom. The zero-order valence-corrected chi connectivity index (χ0v) is 21.7. The monoisotopic (exact) mass is 536 g/mol. The van der Waals surface area contributed by atoms with Crippen LogP contribution >= 0.6 is 6.89 Å². The van der Waals surface area contributed by atoms with E-state index in [-0.39, 0.29) is 5.56 Å². The maximum absolute atomic E-state index is 13.3. The van der Waals surface area contributed by atoms with Gasteiger partial charge in [-0.1, -0.05) is 121 Å². The smallest absolute Gasteiger partial charge is 0.294 e. The molecule has 2 amide bonds. The normalized spacial score (nSPS) is 10.7. The second-order valence-corrected chi connectivity index (χ2v) is 11.8. The Morgan fingerprint density at radius 1 is 0.538 bits per heavy atom. The molecule has 0 aliphatic carbocycles. The first-order chi connectivity index (χ1) is 18.9. The van der Waals surface area contributed by atoms with Crippen molar-refractivity contribution in [2.75, 3.05) is 0 Å². The third-order valence-corrected chi connectivity index (χ3v) is 9.94. The number of carbonyl (C=O) groups excluding carboxylic acids is 5. The highest BCUT2D eigenvalue weighted by Crippen LogP contribution is 2.43. The zero-order chi connectivity index (χ0) is 27.7. The summed E-state index contributed by atoms with van der Waals surface area (Å²) < 4.78 is 0. The minimum Gasteiger partial charge on any atom is -0.294 e. The van der Waals surface area contributed by atoms with Gasteiger partial charge in [-0.05, 0) is 22.8 Å². The summed E-state index contributed by atoms with van der Waals surface area (Å²) in [4.78, 5) is 62.8. The number of amides is 2. The van der Waals surface area contributed by atoms with E-state index in [2.05, 4.69) is 0 Å². The van der Waals surface area contributed by atoms with Crippen molar-refractivity contribution in [3.63, 3.8) is 0 Å². The van der Waals surface area contributed by atoms with Gasteiger partial charge in [-0.2, -0.15) is 0 Å². The molecule has 0 aliphatic heterocycles. The molecule has 4 aromatic carbocycles. The molecule has 0 unspecified atom stereocenters. The van der Waals surface area contributed by atoms with Crippen LogP contribution in [-0.2, 0) is 19.2 Å². The topological polar surface area (TPSA) is 109 Å². The molecule has 8 heteroatoms. The van der Waals surface area contributed by atoms with Gasteiger partial charge in [0, 0.05) is 11.4 Å². The van der Waals surface area contributed by atoms with Crippen LogP contribution in [0.3, 0.4) is 0 Å². The lowest BCUT2D eigenvalue weighted by Gasteiger charge is -2.28. The van der Waals surface area contributed by atoms with Gasteiger partial charge in [0.15, 0.2) is 5.78 Å². The summed E-state index contributed by atoms with van der Waals surface area (Å²) in [5.41, 5.74) is 4.26. The van der Waals surface area contributed by atoms with Crippen LogP contribution in [0.5, 0.6) is 0 Å². The zero-order valence-electron chi connectivity index (χ0n) is 20.8. The van der Waals surface area contributed by atoms with Crippen LogP contribution in [0.4, 0.5) is 0 Å². The first-order valence-electron chi connectivity index (χ1n) is 12.1. The highest BCUT2D eigenvalue weighted by atomic mass is 31.2. The Kier molecular flexibility index (Phi) is 8.77. The van der Waals surface area contributed by atoms with Crippen molar-refractivity contribution in [3.8, 4) is 0 Å². The highest BCUT2D eigenvalue weighted by Gasteiger charge is 2.28. The van der Waals surface area contributed by atoms with Crippen LogP contribution in [0.15, 0.2) is 121 Å². The molecule has 194 valence electrons. The molecule has 0 radical (unpaired) electrons. The summed E-state index contributed by atoms with van der Waals surface area (Å²) in [6.45, 7) is -2.74. The fraction of sp³-hybridized carbons (Fsp3) is 0.0323. The number of benzene rings is 4. The Bertz CT molecular complexity index is 1450. The third kappa shape index (κ3) is 6.35. The van der Waals surface area contributed by atoms with Crippen molar-refractivity contribution in [2.24, 2.45) is 0 Å². The van der Waals surface area contributed by atoms with E-state index >= 15 is 0 Å². The molecule has 0 spiro atoms. The van der Waals surface area contributed by atoms with E-state index in [1.807, 2.05) is 102 Å². The summed E-state index contributed by atoms with van der Waals surface area (Å²) in [5.74, 6) is -3.36. The summed E-state index contributed by atoms with van der Waals surface area (Å²) >= 11 is 0. The minimum atomic E-state index is -2.74. The fourth-order valence-corrected chi connectivity index (χ4v) is 7.83. The number of rotatable bonds is 9. The highest BCUT2D eigenvalue weighted by molar-refractivity contribution is 7.95. The standard InChI is InChI=1S/C31H25N2O5P/c34-27(23-13-5-1-6-14-23)21-28(35)30(37)32-33-31(38)29(36)22-39(24-15-7-2-8-16-24,25-17-9-3-10-18-25)26-19-11-4-12-20-26/h1-20,22H,21H2,(H,32,37)(H,33,38). The minimum absolute atomic E-state index is 0.288. The van der Waals surface area contributed by atoms with E-state index in [9.17, 15) is 24.0 Å². The van der Waals surface area contributed by atoms with Crippen molar-refractivity contribution in [2.45, 2.75) is 6.42 Å². The van der Waals surface area contributed by atoms with E-state index in [0.29, 0.717) is 0 Å². The van der Waals surface area contributed by atoms with Gasteiger partial charge in [0.2, 0.25) is 11.6 Å². The van der Waals surface area contributed by atoms with E-state index < -0.39 is 42.5 Å². The Balaban J connectivity index is 1.59. The molecule has 0 fully saturated rings. The molecule has 0 bridgehead atoms. The molecule has 2 N–H and O–H groups in total. The van der Waals surface area contributed by atoms with Gasteiger partial charge in [0.25, 0.3) is 0 Å². The number of nitrogens with one attached hydrogen (secondary N) is 2. The van der Waals surface area contributed by atoms with Gasteiger partial charge in [0.1, 0.15) is 0 Å². The van der Waals surface area contributed by atoms with Gasteiger partial charge >= 0.3 is 11.8 Å². The predicted molar refractivity (Wildman–Crippen MR) is 153 cm³/mol. The van der Waals surface area contributed by atoms with Gasteiger partial charge in [-0.15, -0.1) is 0 Å². The van der Waals surface area contributed by atoms with Crippen molar-refractivity contribution in [1.82, 2.24) is 10.9 Å². The number of hydrazine groups is 1. The number of carbonyl (C=O) groups is 5. The van der Waals surface area contributed by atoms with E-state index in [4.69, 9.17) is 0 Å². The molecule has 4 rings (SSSR count). The van der Waals surface area contributed by atoms with Crippen molar-refractivity contribution >= 4 is 57.8 Å². The molecule has 0 saturated heterocycles. The molecule has 4 aromatic rings. The average Bonchev–Trinajstić information content (AvgIpc) is 3.00. The summed E-state index contributed by atoms with van der Waals surface area (Å²) in [7, 11) is 0. The second kappa shape index (κ2) is 12.6. The lowest BCUT2D eigenvalue weighted by molar-refractivity contribution is -0.140. The number of hydrogen-bond acceptors (Lipinski definition) is 5. The quantitative estimate of drug-likeness (QED) is 0.112. The SMILES string of the molecule is O=C(C=P(c1ccccc1)(c1ccccc1)c1ccccc1)C(=O)NNC(=O)C(=O)CC(=O)c1ccccc1. The molecular formula is C31H25N2O5P. The molecule has 0 aromatic heterocycles. The van der Waals surface area contributed by atoms with Gasteiger partial charge in [-0.25, -0.2) is 0 Å². The first-order valence-corrected chi connectivity index (χ1v) is 13.9. The molecular weight excluding hydrogens is 511 g/mol. The lowest BCUT2D eigenvalue weighted by atomic mass is 10.1. The molecule has 0 saturated carbocycles. The van der Waals surface area contributed by atoms with Crippen LogP contribution in [0, 0.1) is 0 Å². The predicted octanol–water partition coefficient (Wildman–Crippen LogP) is 2.34. The maximum Gasteiger partial charge on any atom is 0.310 e. The first kappa shape index (κ1) is 27.2. The number of Topliss-reactive ketones (excluding diaryl/α,β-unsaturated/α-hetero) is 3. The van der Waals surface area contributed by atoms with Crippen LogP contribution in [0.2, 0.25) is 0 Å². The van der Waals surface area contributed by atoms with E-state index in [0.717, 1.165) is 15.9 Å². The Labute approximate surface area is 225 Å². The van der Waals surface area contributed by atoms with Crippen LogP contribution in [0.1, 0.15) is 16.8 Å². The molecule has 39 heavy (non-hydrogen) atoms. The third-order valence-electron chi connectivity index (χ3n) is 5.98.